The zero-order valence-corrected chi connectivity index (χ0v) is 11.5. The highest BCUT2D eigenvalue weighted by Crippen LogP contribution is 2.23. The summed E-state index contributed by atoms with van der Waals surface area (Å²) in [6.07, 6.45) is 0. The van der Waals surface area contributed by atoms with Gasteiger partial charge in [-0.25, -0.2) is 4.68 Å². The van der Waals surface area contributed by atoms with Crippen molar-refractivity contribution in [3.8, 4) is 5.69 Å². The van der Waals surface area contributed by atoms with Crippen LogP contribution in [0.1, 0.15) is 11.4 Å². The monoisotopic (exact) mass is 290 g/mol. The lowest BCUT2D eigenvalue weighted by molar-refractivity contribution is -0.384. The number of amides is 1. The third-order valence-corrected chi connectivity index (χ3v) is 3.00. The first-order valence-corrected chi connectivity index (χ1v) is 6.15. The lowest BCUT2D eigenvalue weighted by Gasteiger charge is -2.06. The highest BCUT2D eigenvalue weighted by atomic mass is 16.6. The van der Waals surface area contributed by atoms with E-state index >= 15 is 0 Å². The van der Waals surface area contributed by atoms with Crippen LogP contribution in [0.4, 0.5) is 11.4 Å². The van der Waals surface area contributed by atoms with E-state index in [1.165, 1.54) is 12.1 Å². The standard InChI is InChI=1S/C13H14N4O4/c1-8-13(14-12(19)7-18)9(2)16(15-8)10-3-5-11(6-4-10)17(20)21/h3-6,18H,7H2,1-2H3,(H,14,19). The van der Waals surface area contributed by atoms with Gasteiger partial charge >= 0.3 is 0 Å². The van der Waals surface area contributed by atoms with E-state index in [2.05, 4.69) is 10.4 Å². The number of rotatable bonds is 4. The molecule has 2 aromatic rings. The maximum absolute atomic E-state index is 11.3. The minimum Gasteiger partial charge on any atom is -0.387 e. The fraction of sp³-hybridized carbons (Fsp3) is 0.231. The molecule has 0 aliphatic carbocycles. The summed E-state index contributed by atoms with van der Waals surface area (Å²) in [5.74, 6) is -0.524. The highest BCUT2D eigenvalue weighted by molar-refractivity contribution is 5.92. The number of aromatic nitrogens is 2. The summed E-state index contributed by atoms with van der Waals surface area (Å²) in [5, 5.41) is 26.3. The minimum atomic E-state index is -0.610. The van der Waals surface area contributed by atoms with Crippen LogP contribution in [0.2, 0.25) is 0 Å². The van der Waals surface area contributed by atoms with Crippen LogP contribution in [0, 0.1) is 24.0 Å². The number of nitro groups is 1. The van der Waals surface area contributed by atoms with Gasteiger partial charge in [-0.3, -0.25) is 14.9 Å². The van der Waals surface area contributed by atoms with E-state index in [1.807, 2.05) is 0 Å². The number of nitrogens with zero attached hydrogens (tertiary/aromatic N) is 3. The van der Waals surface area contributed by atoms with Gasteiger partial charge in [-0.15, -0.1) is 0 Å². The Hall–Kier alpha value is -2.74. The van der Waals surface area contributed by atoms with Crippen LogP contribution in [0.3, 0.4) is 0 Å². The average Bonchev–Trinajstić information content (AvgIpc) is 2.75. The maximum atomic E-state index is 11.3. The van der Waals surface area contributed by atoms with Gasteiger partial charge in [-0.1, -0.05) is 0 Å². The van der Waals surface area contributed by atoms with E-state index in [4.69, 9.17) is 5.11 Å². The van der Waals surface area contributed by atoms with Crippen molar-refractivity contribution < 1.29 is 14.8 Å². The molecule has 0 fully saturated rings. The quantitative estimate of drug-likeness (QED) is 0.652. The number of benzene rings is 1. The fourth-order valence-electron chi connectivity index (χ4n) is 1.97. The number of hydrogen-bond donors (Lipinski definition) is 2. The molecule has 0 bridgehead atoms. The van der Waals surface area contributed by atoms with Gasteiger partial charge in [0, 0.05) is 12.1 Å². The molecular formula is C13H14N4O4. The Labute approximate surface area is 120 Å². The van der Waals surface area contributed by atoms with Gasteiger partial charge in [0.1, 0.15) is 6.61 Å². The second-order valence-electron chi connectivity index (χ2n) is 4.44. The molecule has 0 radical (unpaired) electrons. The van der Waals surface area contributed by atoms with Crippen molar-refractivity contribution in [2.45, 2.75) is 13.8 Å². The van der Waals surface area contributed by atoms with Crippen LogP contribution >= 0.6 is 0 Å². The molecule has 1 aromatic carbocycles. The normalized spacial score (nSPS) is 10.4. The number of aryl methyl sites for hydroxylation is 1. The Kier molecular flexibility index (Phi) is 3.99. The molecule has 8 heteroatoms. The Bertz CT molecular complexity index is 691. The molecule has 0 saturated heterocycles. The highest BCUT2D eigenvalue weighted by Gasteiger charge is 2.15. The number of hydrogen-bond acceptors (Lipinski definition) is 5. The molecule has 0 spiro atoms. The summed E-state index contributed by atoms with van der Waals surface area (Å²) in [6, 6.07) is 5.93. The van der Waals surface area contributed by atoms with Crippen LogP contribution in [0.15, 0.2) is 24.3 Å². The smallest absolute Gasteiger partial charge is 0.269 e. The average molecular weight is 290 g/mol. The number of aliphatic hydroxyl groups excluding tert-OH is 1. The van der Waals surface area contributed by atoms with Crippen LogP contribution in [-0.2, 0) is 4.79 Å². The number of carbonyl (C=O) groups excluding carboxylic acids is 1. The summed E-state index contributed by atoms with van der Waals surface area (Å²) in [7, 11) is 0. The van der Waals surface area contributed by atoms with Gasteiger partial charge in [0.15, 0.2) is 0 Å². The Morgan fingerprint density at radius 3 is 2.52 bits per heavy atom. The van der Waals surface area contributed by atoms with Crippen molar-refractivity contribution >= 4 is 17.3 Å². The van der Waals surface area contributed by atoms with Gasteiger partial charge in [-0.2, -0.15) is 5.10 Å². The zero-order valence-electron chi connectivity index (χ0n) is 11.5. The number of anilines is 1. The number of nitro benzene ring substituents is 1. The first-order valence-electron chi connectivity index (χ1n) is 6.15. The number of carbonyl (C=O) groups is 1. The second-order valence-corrected chi connectivity index (χ2v) is 4.44. The molecular weight excluding hydrogens is 276 g/mol. The van der Waals surface area contributed by atoms with Gasteiger partial charge in [-0.05, 0) is 26.0 Å². The second kappa shape index (κ2) is 5.71. The zero-order chi connectivity index (χ0) is 15.6. The molecule has 2 rings (SSSR count). The van der Waals surface area contributed by atoms with Gasteiger partial charge in [0.05, 0.1) is 27.7 Å². The first kappa shape index (κ1) is 14.7. The predicted molar refractivity (Wildman–Crippen MR) is 75.4 cm³/mol. The van der Waals surface area contributed by atoms with Crippen molar-refractivity contribution in [2.75, 3.05) is 11.9 Å². The summed E-state index contributed by atoms with van der Waals surface area (Å²) < 4.78 is 1.58. The van der Waals surface area contributed by atoms with Gasteiger partial charge in [0.25, 0.3) is 5.69 Å². The van der Waals surface area contributed by atoms with Crippen LogP contribution in [0.5, 0.6) is 0 Å². The molecule has 8 nitrogen and oxygen atoms in total. The number of aliphatic hydroxyl groups is 1. The Morgan fingerprint density at radius 1 is 1.38 bits per heavy atom. The third kappa shape index (κ3) is 2.90. The van der Waals surface area contributed by atoms with E-state index in [0.717, 1.165) is 0 Å². The maximum Gasteiger partial charge on any atom is 0.269 e. The number of nitrogens with one attached hydrogen (secondary N) is 1. The largest absolute Gasteiger partial charge is 0.387 e. The molecule has 110 valence electrons. The van der Waals surface area contributed by atoms with Crippen molar-refractivity contribution in [1.82, 2.24) is 9.78 Å². The molecule has 1 amide bonds. The van der Waals surface area contributed by atoms with E-state index in [9.17, 15) is 14.9 Å². The molecule has 1 heterocycles. The van der Waals surface area contributed by atoms with E-state index in [1.54, 1.807) is 30.7 Å². The van der Waals surface area contributed by atoms with Crippen LogP contribution < -0.4 is 5.32 Å². The molecule has 21 heavy (non-hydrogen) atoms. The van der Waals surface area contributed by atoms with E-state index in [0.29, 0.717) is 22.8 Å². The predicted octanol–water partition coefficient (Wildman–Crippen LogP) is 1.33. The van der Waals surface area contributed by atoms with Crippen molar-refractivity contribution in [3.63, 3.8) is 0 Å². The number of non-ortho nitro benzene ring substituents is 1. The van der Waals surface area contributed by atoms with Crippen molar-refractivity contribution in [3.05, 3.63) is 45.8 Å². The SMILES string of the molecule is Cc1nn(-c2ccc([N+](=O)[O-])cc2)c(C)c1NC(=O)CO. The molecule has 0 aliphatic heterocycles. The summed E-state index contributed by atoms with van der Waals surface area (Å²) in [5.41, 5.74) is 2.42. The molecule has 0 unspecified atom stereocenters. The summed E-state index contributed by atoms with van der Waals surface area (Å²) >= 11 is 0. The van der Waals surface area contributed by atoms with Crippen LogP contribution in [-0.4, -0.2) is 32.3 Å². The van der Waals surface area contributed by atoms with Crippen LogP contribution in [0.25, 0.3) is 5.69 Å². The Morgan fingerprint density at radius 2 is 2.00 bits per heavy atom. The van der Waals surface area contributed by atoms with Crippen molar-refractivity contribution in [2.24, 2.45) is 0 Å². The Balaban J connectivity index is 2.38. The lowest BCUT2D eigenvalue weighted by Crippen LogP contribution is -2.16. The third-order valence-electron chi connectivity index (χ3n) is 3.00. The summed E-state index contributed by atoms with van der Waals surface area (Å²) in [6.45, 7) is 2.87. The van der Waals surface area contributed by atoms with E-state index < -0.39 is 17.4 Å². The molecule has 0 aliphatic rings. The van der Waals surface area contributed by atoms with Gasteiger partial charge < -0.3 is 10.4 Å². The summed E-state index contributed by atoms with van der Waals surface area (Å²) in [4.78, 5) is 21.4. The molecule has 0 saturated carbocycles. The topological polar surface area (TPSA) is 110 Å². The van der Waals surface area contributed by atoms with E-state index in [-0.39, 0.29) is 5.69 Å². The molecule has 0 atom stereocenters. The minimum absolute atomic E-state index is 0.00547. The molecule has 2 N–H and O–H groups in total. The van der Waals surface area contributed by atoms with Crippen molar-refractivity contribution in [1.29, 1.82) is 0 Å². The molecule has 1 aromatic heterocycles. The first-order chi connectivity index (χ1) is 9.93. The van der Waals surface area contributed by atoms with Gasteiger partial charge in [0.2, 0.25) is 5.91 Å². The lowest BCUT2D eigenvalue weighted by atomic mass is 10.2. The fourth-order valence-corrected chi connectivity index (χ4v) is 1.97.